The van der Waals surface area contributed by atoms with E-state index in [2.05, 4.69) is 15.9 Å². The Labute approximate surface area is 167 Å². The number of rotatable bonds is 3. The average molecular weight is 397 g/mol. The summed E-state index contributed by atoms with van der Waals surface area (Å²) in [5, 5.41) is 9.82. The lowest BCUT2D eigenvalue weighted by Crippen LogP contribution is -2.36. The van der Waals surface area contributed by atoms with E-state index in [1.165, 1.54) is 0 Å². The molecule has 1 saturated heterocycles. The number of aromatic nitrogens is 1. The standard InChI is InChI=1S/C19H18BClN4OS/c21-27-18-5-4-17-16(23-18)6-9-25(17)19(26)14-2-1-3-15(12-14)24-10-7-20(13-22)8-11-24/h1-5,12H,6-11H2. The number of hydrogen-bond acceptors (Lipinski definition) is 5. The average Bonchev–Trinajstić information content (AvgIpc) is 3.16. The minimum Gasteiger partial charge on any atom is -0.373 e. The molecule has 0 unspecified atom stereocenters. The highest BCUT2D eigenvalue weighted by Gasteiger charge is 2.28. The Morgan fingerprint density at radius 2 is 2.04 bits per heavy atom. The molecule has 0 radical (unpaired) electrons. The Hall–Kier alpha value is -2.17. The number of anilines is 2. The number of pyridine rings is 1. The SMILES string of the molecule is N#CB1CCN(c2cccc(C(=O)N3CCc4nc(SCl)ccc43)c2)CC1. The van der Waals surface area contributed by atoms with Crippen LogP contribution >= 0.6 is 21.7 Å². The molecule has 3 heterocycles. The molecule has 0 N–H and O–H groups in total. The van der Waals surface area contributed by atoms with E-state index >= 15 is 0 Å². The van der Waals surface area contributed by atoms with Crippen molar-refractivity contribution in [1.82, 2.24) is 4.98 Å². The van der Waals surface area contributed by atoms with Crippen LogP contribution in [0, 0.1) is 11.2 Å². The molecular formula is C19H18BClN4OS. The summed E-state index contributed by atoms with van der Waals surface area (Å²) in [7, 11) is 6.88. The predicted octanol–water partition coefficient (Wildman–Crippen LogP) is 3.91. The largest absolute Gasteiger partial charge is 0.373 e. The topological polar surface area (TPSA) is 60.2 Å². The number of carbonyl (C=O) groups is 1. The fraction of sp³-hybridized carbons (Fsp3) is 0.316. The Morgan fingerprint density at radius 3 is 2.78 bits per heavy atom. The van der Waals surface area contributed by atoms with E-state index in [1.807, 2.05) is 36.4 Å². The summed E-state index contributed by atoms with van der Waals surface area (Å²) in [6.45, 7) is 2.49. The molecule has 8 heteroatoms. The normalized spacial score (nSPS) is 16.2. The van der Waals surface area contributed by atoms with Crippen molar-refractivity contribution >= 4 is 45.7 Å². The van der Waals surface area contributed by atoms with Crippen LogP contribution in [0.2, 0.25) is 12.6 Å². The second kappa shape index (κ2) is 7.83. The van der Waals surface area contributed by atoms with Gasteiger partial charge in [0.25, 0.3) is 12.6 Å². The molecule has 2 aliphatic rings. The van der Waals surface area contributed by atoms with Crippen molar-refractivity contribution in [3.05, 3.63) is 47.7 Å². The van der Waals surface area contributed by atoms with Gasteiger partial charge in [0.1, 0.15) is 5.03 Å². The quantitative estimate of drug-likeness (QED) is 0.736. The fourth-order valence-corrected chi connectivity index (χ4v) is 4.28. The van der Waals surface area contributed by atoms with Gasteiger partial charge in [0.2, 0.25) is 0 Å². The monoisotopic (exact) mass is 396 g/mol. The van der Waals surface area contributed by atoms with Crippen molar-refractivity contribution in [3.8, 4) is 5.97 Å². The molecule has 0 atom stereocenters. The minimum absolute atomic E-state index is 0.00409. The van der Waals surface area contributed by atoms with Gasteiger partial charge in [-0.3, -0.25) is 4.79 Å². The van der Waals surface area contributed by atoms with Crippen LogP contribution in [0.15, 0.2) is 41.4 Å². The lowest BCUT2D eigenvalue weighted by Gasteiger charge is -2.30. The fourth-order valence-electron chi connectivity index (χ4n) is 3.75. The van der Waals surface area contributed by atoms with Crippen LogP contribution in [0.4, 0.5) is 11.4 Å². The zero-order valence-electron chi connectivity index (χ0n) is 14.8. The van der Waals surface area contributed by atoms with Gasteiger partial charge >= 0.3 is 0 Å². The molecule has 0 bridgehead atoms. The van der Waals surface area contributed by atoms with Crippen LogP contribution in [-0.2, 0) is 6.42 Å². The Morgan fingerprint density at radius 1 is 1.22 bits per heavy atom. The van der Waals surface area contributed by atoms with Gasteiger partial charge in [-0.05, 0) is 53.7 Å². The molecule has 136 valence electrons. The summed E-state index contributed by atoms with van der Waals surface area (Å²) in [4.78, 5) is 21.7. The van der Waals surface area contributed by atoms with Crippen LogP contribution < -0.4 is 9.80 Å². The smallest absolute Gasteiger partial charge is 0.271 e. The number of nitrogens with zero attached hydrogens (tertiary/aromatic N) is 4. The zero-order valence-corrected chi connectivity index (χ0v) is 16.3. The first-order chi connectivity index (χ1) is 13.2. The second-order valence-electron chi connectivity index (χ2n) is 6.84. The van der Waals surface area contributed by atoms with Crippen LogP contribution in [0.3, 0.4) is 0 Å². The molecule has 1 aromatic heterocycles. The van der Waals surface area contributed by atoms with Crippen LogP contribution in [0.5, 0.6) is 0 Å². The highest BCUT2D eigenvalue weighted by molar-refractivity contribution is 8.21. The van der Waals surface area contributed by atoms with E-state index in [4.69, 9.17) is 15.9 Å². The molecule has 0 spiro atoms. The Balaban J connectivity index is 1.54. The maximum absolute atomic E-state index is 13.1. The molecule has 2 aliphatic heterocycles. The zero-order chi connectivity index (χ0) is 18.8. The van der Waals surface area contributed by atoms with Gasteiger partial charge in [-0.1, -0.05) is 6.07 Å². The Bertz CT molecular complexity index is 911. The van der Waals surface area contributed by atoms with Crippen molar-refractivity contribution in [1.29, 1.82) is 5.26 Å². The van der Waals surface area contributed by atoms with Crippen molar-refractivity contribution in [2.24, 2.45) is 0 Å². The molecule has 2 aromatic rings. The molecule has 27 heavy (non-hydrogen) atoms. The van der Waals surface area contributed by atoms with Crippen LogP contribution in [0.1, 0.15) is 16.1 Å². The van der Waals surface area contributed by atoms with Gasteiger partial charge in [0.05, 0.1) is 11.4 Å². The van der Waals surface area contributed by atoms with Gasteiger partial charge in [-0.15, -0.1) is 0 Å². The summed E-state index contributed by atoms with van der Waals surface area (Å²) in [5.41, 5.74) is 3.51. The molecular weight excluding hydrogens is 379 g/mol. The summed E-state index contributed by atoms with van der Waals surface area (Å²) in [6, 6.07) is 11.6. The molecule has 1 fully saturated rings. The first-order valence-electron chi connectivity index (χ1n) is 9.04. The van der Waals surface area contributed by atoms with Crippen molar-refractivity contribution < 1.29 is 4.79 Å². The third-order valence-electron chi connectivity index (χ3n) is 5.25. The number of hydrogen-bond donors (Lipinski definition) is 0. The summed E-state index contributed by atoms with van der Waals surface area (Å²) >= 11 is 0. The highest BCUT2D eigenvalue weighted by Crippen LogP contribution is 2.32. The molecule has 5 nitrogen and oxygen atoms in total. The third kappa shape index (κ3) is 3.65. The molecule has 1 amide bonds. The third-order valence-corrected chi connectivity index (χ3v) is 6.11. The summed E-state index contributed by atoms with van der Waals surface area (Å²) < 4.78 is 0. The molecule has 1 aromatic carbocycles. The van der Waals surface area contributed by atoms with E-state index in [1.54, 1.807) is 4.90 Å². The first-order valence-corrected chi connectivity index (χ1v) is 10.7. The van der Waals surface area contributed by atoms with Gasteiger partial charge < -0.3 is 9.80 Å². The van der Waals surface area contributed by atoms with Gasteiger partial charge in [-0.2, -0.15) is 0 Å². The van der Waals surface area contributed by atoms with Crippen molar-refractivity contribution in [2.75, 3.05) is 29.4 Å². The lowest BCUT2D eigenvalue weighted by atomic mass is 9.45. The van der Waals surface area contributed by atoms with E-state index < -0.39 is 0 Å². The maximum atomic E-state index is 13.1. The van der Waals surface area contributed by atoms with Gasteiger partial charge in [0, 0.05) is 54.2 Å². The maximum Gasteiger partial charge on any atom is 0.271 e. The van der Waals surface area contributed by atoms with Crippen LogP contribution in [-0.4, -0.2) is 37.2 Å². The summed E-state index contributed by atoms with van der Waals surface area (Å²) in [6.07, 6.45) is 2.50. The van der Waals surface area contributed by atoms with E-state index in [9.17, 15) is 4.79 Å². The van der Waals surface area contributed by atoms with E-state index in [0.717, 1.165) is 65.2 Å². The minimum atomic E-state index is -0.00409. The highest BCUT2D eigenvalue weighted by atomic mass is 35.7. The number of carbonyl (C=O) groups excluding carboxylic acids is 1. The summed E-state index contributed by atoms with van der Waals surface area (Å²) in [5.74, 6) is 2.35. The molecule has 4 rings (SSSR count). The number of nitriles is 1. The Kier molecular flexibility index (Phi) is 5.28. The van der Waals surface area contributed by atoms with Crippen molar-refractivity contribution in [2.45, 2.75) is 24.1 Å². The lowest BCUT2D eigenvalue weighted by molar-refractivity contribution is 0.0989. The predicted molar refractivity (Wildman–Crippen MR) is 111 cm³/mol. The second-order valence-corrected chi connectivity index (χ2v) is 7.88. The number of benzene rings is 1. The van der Waals surface area contributed by atoms with E-state index in [-0.39, 0.29) is 12.6 Å². The van der Waals surface area contributed by atoms with Crippen molar-refractivity contribution in [3.63, 3.8) is 0 Å². The molecule has 0 aliphatic carbocycles. The number of halogens is 1. The number of amides is 1. The molecule has 0 saturated carbocycles. The first kappa shape index (κ1) is 18.2. The van der Waals surface area contributed by atoms with Gasteiger partial charge in [-0.25, -0.2) is 10.2 Å². The number of fused-ring (bicyclic) bond motifs is 1. The van der Waals surface area contributed by atoms with Gasteiger partial charge in [0.15, 0.2) is 0 Å². The van der Waals surface area contributed by atoms with Crippen LogP contribution in [0.25, 0.3) is 0 Å². The van der Waals surface area contributed by atoms with E-state index in [0.29, 0.717) is 12.1 Å².